The molecule has 4 rings (SSSR count). The van der Waals surface area contributed by atoms with Gasteiger partial charge in [-0.05, 0) is 43.7 Å². The van der Waals surface area contributed by atoms with E-state index in [-0.39, 0.29) is 17.4 Å². The number of aromatic amines is 1. The molecule has 0 aliphatic carbocycles. The largest absolute Gasteiger partial charge is 0.394 e. The first-order valence-corrected chi connectivity index (χ1v) is 10.6. The SMILES string of the molecule is Cc1[nH]c(/C=C2\C(=O)Nc3ccc(F)cc32)c(C)c1C(=O)N[C@@H](CO)C(=O)N1CCOCC1. The lowest BCUT2D eigenvalue weighted by Crippen LogP contribution is -2.53. The summed E-state index contributed by atoms with van der Waals surface area (Å²) in [5.74, 6) is -1.72. The lowest BCUT2D eigenvalue weighted by atomic mass is 10.0. The van der Waals surface area contributed by atoms with Gasteiger partial charge in [0.2, 0.25) is 5.91 Å². The number of H-pyrrole nitrogens is 1. The highest BCUT2D eigenvalue weighted by molar-refractivity contribution is 6.34. The average Bonchev–Trinajstić information content (AvgIpc) is 3.26. The first kappa shape index (κ1) is 22.7. The number of fused-ring (bicyclic) bond motifs is 1. The smallest absolute Gasteiger partial charge is 0.256 e. The van der Waals surface area contributed by atoms with Crippen molar-refractivity contribution < 1.29 is 28.6 Å². The van der Waals surface area contributed by atoms with Gasteiger partial charge < -0.3 is 30.4 Å². The van der Waals surface area contributed by atoms with Crippen molar-refractivity contribution >= 4 is 35.1 Å². The Morgan fingerprint density at radius 3 is 2.73 bits per heavy atom. The maximum Gasteiger partial charge on any atom is 0.256 e. The molecule has 1 fully saturated rings. The first-order chi connectivity index (χ1) is 15.8. The number of ether oxygens (including phenoxy) is 1. The normalized spacial score (nSPS) is 17.6. The summed E-state index contributed by atoms with van der Waals surface area (Å²) in [7, 11) is 0. The van der Waals surface area contributed by atoms with Crippen molar-refractivity contribution in [1.82, 2.24) is 15.2 Å². The van der Waals surface area contributed by atoms with E-state index in [0.29, 0.717) is 60.1 Å². The zero-order chi connectivity index (χ0) is 23.7. The van der Waals surface area contributed by atoms with Gasteiger partial charge in [-0.1, -0.05) is 0 Å². The molecule has 0 radical (unpaired) electrons. The number of aliphatic hydroxyl groups excluding tert-OH is 1. The van der Waals surface area contributed by atoms with E-state index in [2.05, 4.69) is 15.6 Å². The van der Waals surface area contributed by atoms with Crippen LogP contribution in [0.3, 0.4) is 0 Å². The molecular weight excluding hydrogens is 431 g/mol. The van der Waals surface area contributed by atoms with Crippen molar-refractivity contribution in [3.05, 3.63) is 52.1 Å². The number of nitrogens with zero attached hydrogens (tertiary/aromatic N) is 1. The molecule has 33 heavy (non-hydrogen) atoms. The summed E-state index contributed by atoms with van der Waals surface area (Å²) in [6.07, 6.45) is 1.57. The molecule has 1 aromatic carbocycles. The molecule has 1 saturated heterocycles. The van der Waals surface area contributed by atoms with Gasteiger partial charge in [0.15, 0.2) is 0 Å². The van der Waals surface area contributed by atoms with Crippen molar-refractivity contribution in [3.63, 3.8) is 0 Å². The molecule has 10 heteroatoms. The summed E-state index contributed by atoms with van der Waals surface area (Å²) < 4.78 is 19.0. The maximum absolute atomic E-state index is 13.7. The molecule has 2 aromatic rings. The van der Waals surface area contributed by atoms with Crippen LogP contribution in [0.1, 0.15) is 32.9 Å². The van der Waals surface area contributed by atoms with Crippen LogP contribution in [0.25, 0.3) is 11.6 Å². The Bertz CT molecular complexity index is 1150. The Labute approximate surface area is 189 Å². The topological polar surface area (TPSA) is 124 Å². The van der Waals surface area contributed by atoms with Gasteiger partial charge in [0, 0.05) is 35.7 Å². The van der Waals surface area contributed by atoms with Crippen molar-refractivity contribution in [2.75, 3.05) is 38.2 Å². The quantitative estimate of drug-likeness (QED) is 0.504. The average molecular weight is 456 g/mol. The first-order valence-electron chi connectivity index (χ1n) is 10.6. The monoisotopic (exact) mass is 456 g/mol. The Balaban J connectivity index is 1.58. The van der Waals surface area contributed by atoms with E-state index in [1.807, 2.05) is 0 Å². The van der Waals surface area contributed by atoms with Crippen LogP contribution >= 0.6 is 0 Å². The summed E-state index contributed by atoms with van der Waals surface area (Å²) in [6, 6.07) is 2.96. The van der Waals surface area contributed by atoms with Gasteiger partial charge >= 0.3 is 0 Å². The minimum absolute atomic E-state index is 0.275. The molecule has 1 atom stereocenters. The number of rotatable bonds is 5. The molecule has 1 aromatic heterocycles. The number of nitrogens with one attached hydrogen (secondary N) is 3. The van der Waals surface area contributed by atoms with Gasteiger partial charge in [-0.25, -0.2) is 4.39 Å². The minimum atomic E-state index is -1.08. The second-order valence-electron chi connectivity index (χ2n) is 8.01. The molecule has 0 spiro atoms. The summed E-state index contributed by atoms with van der Waals surface area (Å²) in [5.41, 5.74) is 3.15. The van der Waals surface area contributed by atoms with Crippen molar-refractivity contribution in [3.8, 4) is 0 Å². The van der Waals surface area contributed by atoms with Gasteiger partial charge in [-0.2, -0.15) is 0 Å². The van der Waals surface area contributed by atoms with E-state index in [0.717, 1.165) is 0 Å². The van der Waals surface area contributed by atoms with Gasteiger partial charge in [-0.15, -0.1) is 0 Å². The van der Waals surface area contributed by atoms with Gasteiger partial charge in [0.1, 0.15) is 11.9 Å². The number of halogens is 1. The molecule has 4 N–H and O–H groups in total. The van der Waals surface area contributed by atoms with Crippen LogP contribution in [0.2, 0.25) is 0 Å². The third-order valence-corrected chi connectivity index (χ3v) is 5.87. The van der Waals surface area contributed by atoms with Crippen molar-refractivity contribution in [2.45, 2.75) is 19.9 Å². The molecule has 9 nitrogen and oxygen atoms in total. The van der Waals surface area contributed by atoms with Crippen LogP contribution in [-0.4, -0.2) is 71.7 Å². The van der Waals surface area contributed by atoms with E-state index in [9.17, 15) is 23.9 Å². The summed E-state index contributed by atoms with van der Waals surface area (Å²) in [4.78, 5) is 42.8. The predicted molar refractivity (Wildman–Crippen MR) is 119 cm³/mol. The van der Waals surface area contributed by atoms with E-state index in [4.69, 9.17) is 4.74 Å². The third kappa shape index (κ3) is 4.39. The van der Waals surface area contributed by atoms with Crippen LogP contribution in [0.4, 0.5) is 10.1 Å². The van der Waals surface area contributed by atoms with E-state index >= 15 is 0 Å². The van der Waals surface area contributed by atoms with E-state index in [1.54, 1.807) is 24.8 Å². The molecule has 0 bridgehead atoms. The number of amides is 3. The highest BCUT2D eigenvalue weighted by atomic mass is 19.1. The summed E-state index contributed by atoms with van der Waals surface area (Å²) in [6.45, 7) is 4.49. The fourth-order valence-electron chi connectivity index (χ4n) is 4.13. The Morgan fingerprint density at radius 2 is 2.03 bits per heavy atom. The number of carbonyl (C=O) groups is 3. The number of anilines is 1. The number of hydrogen-bond donors (Lipinski definition) is 4. The molecule has 174 valence electrons. The van der Waals surface area contributed by atoms with Crippen LogP contribution < -0.4 is 10.6 Å². The fourth-order valence-corrected chi connectivity index (χ4v) is 4.13. The molecule has 3 heterocycles. The lowest BCUT2D eigenvalue weighted by molar-refractivity contribution is -0.138. The third-order valence-electron chi connectivity index (χ3n) is 5.87. The molecule has 0 saturated carbocycles. The molecule has 2 aliphatic heterocycles. The number of carbonyl (C=O) groups excluding carboxylic acids is 3. The minimum Gasteiger partial charge on any atom is -0.394 e. The van der Waals surface area contributed by atoms with E-state index in [1.165, 1.54) is 18.2 Å². The van der Waals surface area contributed by atoms with Crippen LogP contribution in [0.15, 0.2) is 18.2 Å². The number of aromatic nitrogens is 1. The standard InChI is InChI=1S/C23H25FN4O5/c1-12-18(10-16-15-9-14(24)3-4-17(15)26-21(16)30)25-13(2)20(12)22(31)27-19(11-29)23(32)28-5-7-33-8-6-28/h3-4,9-10,19,25,29H,5-8,11H2,1-2H3,(H,26,30)(H,27,31)/b16-10-/t19-/m0/s1. The highest BCUT2D eigenvalue weighted by Crippen LogP contribution is 2.34. The van der Waals surface area contributed by atoms with Crippen molar-refractivity contribution in [2.24, 2.45) is 0 Å². The fraction of sp³-hybridized carbons (Fsp3) is 0.348. The Morgan fingerprint density at radius 1 is 1.30 bits per heavy atom. The Kier molecular flexibility index (Phi) is 6.30. The second kappa shape index (κ2) is 9.16. The number of aliphatic hydroxyl groups is 1. The number of hydrogen-bond acceptors (Lipinski definition) is 5. The number of benzene rings is 1. The van der Waals surface area contributed by atoms with E-state index < -0.39 is 24.4 Å². The highest BCUT2D eigenvalue weighted by Gasteiger charge is 2.29. The van der Waals surface area contributed by atoms with Gasteiger partial charge in [0.05, 0.1) is 31.0 Å². The zero-order valence-electron chi connectivity index (χ0n) is 18.3. The maximum atomic E-state index is 13.7. The second-order valence-corrected chi connectivity index (χ2v) is 8.01. The summed E-state index contributed by atoms with van der Waals surface area (Å²) in [5, 5.41) is 15.0. The van der Waals surface area contributed by atoms with Gasteiger partial charge in [-0.3, -0.25) is 14.4 Å². The molecular formula is C23H25FN4O5. The number of aryl methyl sites for hydroxylation is 1. The van der Waals surface area contributed by atoms with Crippen molar-refractivity contribution in [1.29, 1.82) is 0 Å². The van der Waals surface area contributed by atoms with Crippen LogP contribution in [0.5, 0.6) is 0 Å². The lowest BCUT2D eigenvalue weighted by Gasteiger charge is -2.30. The molecule has 2 aliphatic rings. The molecule has 0 unspecified atom stereocenters. The van der Waals surface area contributed by atoms with Crippen LogP contribution in [0, 0.1) is 19.7 Å². The Hall–Kier alpha value is -3.50. The van der Waals surface area contributed by atoms with Gasteiger partial charge in [0.25, 0.3) is 11.8 Å². The van der Waals surface area contributed by atoms with Crippen LogP contribution in [-0.2, 0) is 14.3 Å². The molecule has 3 amide bonds. The summed E-state index contributed by atoms with van der Waals surface area (Å²) >= 11 is 0. The number of morpholine rings is 1. The zero-order valence-corrected chi connectivity index (χ0v) is 18.3. The predicted octanol–water partition coefficient (Wildman–Crippen LogP) is 1.21.